The number of aromatic amines is 1. The van der Waals surface area contributed by atoms with Crippen LogP contribution in [-0.4, -0.2) is 35.5 Å². The molecule has 0 unspecified atom stereocenters. The lowest BCUT2D eigenvalue weighted by atomic mass is 10.1. The molecule has 0 aliphatic carbocycles. The van der Waals surface area contributed by atoms with Crippen molar-refractivity contribution in [1.29, 1.82) is 0 Å². The number of H-pyrrole nitrogens is 1. The van der Waals surface area contributed by atoms with Gasteiger partial charge in [0.2, 0.25) is 0 Å². The number of aromatic nitrogens is 2. The van der Waals surface area contributed by atoms with Crippen molar-refractivity contribution >= 4 is 12.2 Å². The van der Waals surface area contributed by atoms with E-state index in [0.717, 1.165) is 11.3 Å². The first-order valence-corrected chi connectivity index (χ1v) is 6.23. The molecule has 0 bridgehead atoms. The molecule has 0 saturated heterocycles. The van der Waals surface area contributed by atoms with Crippen molar-refractivity contribution in [2.75, 3.05) is 13.2 Å². The van der Waals surface area contributed by atoms with Crippen molar-refractivity contribution in [2.45, 2.75) is 32.0 Å². The fraction of sp³-hybridized carbons (Fsp3) is 0.636. The number of rotatable bonds is 5. The number of fused-ring (bicyclic) bond motifs is 1. The molecule has 0 fully saturated rings. The Hall–Kier alpha value is -1.06. The van der Waals surface area contributed by atoms with Gasteiger partial charge in [0, 0.05) is 17.7 Å². The van der Waals surface area contributed by atoms with Gasteiger partial charge >= 0.3 is 12.3 Å². The minimum Gasteiger partial charge on any atom is -0.376 e. The van der Waals surface area contributed by atoms with E-state index in [9.17, 15) is 17.6 Å². The summed E-state index contributed by atoms with van der Waals surface area (Å²) in [6.45, 7) is -0.832. The van der Waals surface area contributed by atoms with Crippen LogP contribution in [0, 0.1) is 4.64 Å². The van der Waals surface area contributed by atoms with Crippen molar-refractivity contribution in [2.24, 2.45) is 0 Å². The first kappa shape index (κ1) is 15.3. The maximum Gasteiger partial charge on any atom is 0.330 e. The van der Waals surface area contributed by atoms with Crippen molar-refractivity contribution in [3.63, 3.8) is 0 Å². The molecule has 0 saturated carbocycles. The molecular formula is C11H12F4N2O2S. The number of nitrogens with zero attached hydrogens (tertiary/aromatic N) is 1. The van der Waals surface area contributed by atoms with E-state index in [1.165, 1.54) is 0 Å². The zero-order valence-electron chi connectivity index (χ0n) is 10.3. The van der Waals surface area contributed by atoms with Gasteiger partial charge in [-0.3, -0.25) is 0 Å². The van der Waals surface area contributed by atoms with Gasteiger partial charge in [-0.25, -0.2) is 13.8 Å². The van der Waals surface area contributed by atoms with Gasteiger partial charge in [-0.05, 0) is 0 Å². The predicted octanol–water partition coefficient (Wildman–Crippen LogP) is 2.63. The van der Waals surface area contributed by atoms with Gasteiger partial charge < -0.3 is 14.5 Å². The lowest BCUT2D eigenvalue weighted by Gasteiger charge is -2.18. The number of hydrogen-bond acceptors (Lipinski definition) is 4. The van der Waals surface area contributed by atoms with Crippen LogP contribution in [0.25, 0.3) is 0 Å². The van der Waals surface area contributed by atoms with Gasteiger partial charge in [0.05, 0.1) is 13.2 Å². The van der Waals surface area contributed by atoms with E-state index < -0.39 is 19.0 Å². The average molecular weight is 312 g/mol. The second-order valence-electron chi connectivity index (χ2n) is 4.30. The molecule has 0 atom stereocenters. The highest BCUT2D eigenvalue weighted by Crippen LogP contribution is 2.23. The standard InChI is InChI=1S/C11H12F4N2O2S/c12-10(13)11(14,15)5-19-4-8-16-7-1-2-18-3-6(7)9(20)17-8/h10H,1-5H2,(H,16,17,20). The highest BCUT2D eigenvalue weighted by Gasteiger charge is 2.41. The molecule has 1 N–H and O–H groups in total. The molecule has 2 rings (SSSR count). The van der Waals surface area contributed by atoms with E-state index in [1.807, 2.05) is 0 Å². The summed E-state index contributed by atoms with van der Waals surface area (Å²) < 4.78 is 59.3. The zero-order chi connectivity index (χ0) is 14.8. The molecule has 0 amide bonds. The number of nitrogens with one attached hydrogen (secondary N) is 1. The largest absolute Gasteiger partial charge is 0.376 e. The highest BCUT2D eigenvalue weighted by atomic mass is 32.1. The zero-order valence-corrected chi connectivity index (χ0v) is 11.1. The molecular weight excluding hydrogens is 300 g/mol. The molecule has 20 heavy (non-hydrogen) atoms. The Labute approximate surface area is 117 Å². The van der Waals surface area contributed by atoms with Crippen LogP contribution in [0.2, 0.25) is 0 Å². The second-order valence-corrected chi connectivity index (χ2v) is 4.69. The molecule has 9 heteroatoms. The topological polar surface area (TPSA) is 47.1 Å². The Bertz CT molecular complexity index is 536. The molecule has 4 nitrogen and oxygen atoms in total. The molecule has 1 aromatic rings. The Morgan fingerprint density at radius 3 is 2.90 bits per heavy atom. The molecule has 1 aliphatic heterocycles. The van der Waals surface area contributed by atoms with Crippen LogP contribution in [0.4, 0.5) is 17.6 Å². The minimum absolute atomic E-state index is 0.237. The normalized spacial score (nSPS) is 15.4. The quantitative estimate of drug-likeness (QED) is 0.671. The van der Waals surface area contributed by atoms with Crippen LogP contribution in [0.15, 0.2) is 0 Å². The van der Waals surface area contributed by atoms with Crippen LogP contribution in [-0.2, 0) is 29.1 Å². The monoisotopic (exact) mass is 312 g/mol. The number of alkyl halides is 4. The Morgan fingerprint density at radius 1 is 1.45 bits per heavy atom. The van der Waals surface area contributed by atoms with Gasteiger partial charge in [0.1, 0.15) is 23.7 Å². The Kier molecular flexibility index (Phi) is 4.71. The molecule has 0 radical (unpaired) electrons. The van der Waals surface area contributed by atoms with Gasteiger partial charge in [-0.15, -0.1) is 0 Å². The van der Waals surface area contributed by atoms with E-state index >= 15 is 0 Å². The summed E-state index contributed by atoms with van der Waals surface area (Å²) in [5.41, 5.74) is 1.57. The third-order valence-corrected chi connectivity index (χ3v) is 3.09. The minimum atomic E-state index is -4.17. The summed E-state index contributed by atoms with van der Waals surface area (Å²) in [7, 11) is 0. The van der Waals surface area contributed by atoms with Crippen LogP contribution < -0.4 is 0 Å². The van der Waals surface area contributed by atoms with Crippen molar-refractivity contribution in [3.8, 4) is 0 Å². The van der Waals surface area contributed by atoms with Gasteiger partial charge in [-0.2, -0.15) is 8.78 Å². The third kappa shape index (κ3) is 3.53. The first-order valence-electron chi connectivity index (χ1n) is 5.82. The van der Waals surface area contributed by atoms with Crippen molar-refractivity contribution < 1.29 is 27.0 Å². The predicted molar refractivity (Wildman–Crippen MR) is 63.4 cm³/mol. The lowest BCUT2D eigenvalue weighted by Crippen LogP contribution is -2.32. The van der Waals surface area contributed by atoms with Gasteiger partial charge in [-0.1, -0.05) is 12.2 Å². The summed E-state index contributed by atoms with van der Waals surface area (Å²) in [4.78, 5) is 6.88. The van der Waals surface area contributed by atoms with Crippen LogP contribution in [0.3, 0.4) is 0 Å². The van der Waals surface area contributed by atoms with Crippen LogP contribution in [0.5, 0.6) is 0 Å². The number of halogens is 4. The number of ether oxygens (including phenoxy) is 2. The summed E-state index contributed by atoms with van der Waals surface area (Å²) in [5.74, 6) is -3.93. The van der Waals surface area contributed by atoms with Crippen molar-refractivity contribution in [1.82, 2.24) is 9.97 Å². The fourth-order valence-corrected chi connectivity index (χ4v) is 2.01. The average Bonchev–Trinajstić information content (AvgIpc) is 2.38. The highest BCUT2D eigenvalue weighted by molar-refractivity contribution is 7.71. The van der Waals surface area contributed by atoms with E-state index in [4.69, 9.17) is 17.0 Å². The van der Waals surface area contributed by atoms with E-state index in [1.54, 1.807) is 0 Å². The molecule has 2 heterocycles. The van der Waals surface area contributed by atoms with Gasteiger partial charge in [0.25, 0.3) is 0 Å². The fourth-order valence-electron chi connectivity index (χ4n) is 1.72. The summed E-state index contributed by atoms with van der Waals surface area (Å²) in [6.07, 6.45) is -3.16. The molecule has 1 aliphatic rings. The van der Waals surface area contributed by atoms with Crippen LogP contribution in [0.1, 0.15) is 17.1 Å². The third-order valence-electron chi connectivity index (χ3n) is 2.75. The molecule has 0 spiro atoms. The Morgan fingerprint density at radius 2 is 2.20 bits per heavy atom. The van der Waals surface area contributed by atoms with Crippen molar-refractivity contribution in [3.05, 3.63) is 21.7 Å². The number of hydrogen-bond donors (Lipinski definition) is 1. The smallest absolute Gasteiger partial charge is 0.330 e. The SMILES string of the molecule is FC(F)C(F)(F)COCc1nc(=S)c2c([nH]1)CCOC2. The molecule has 1 aromatic heterocycles. The molecule has 112 valence electrons. The van der Waals surface area contributed by atoms with Gasteiger partial charge in [0.15, 0.2) is 0 Å². The Balaban J connectivity index is 2.01. The maximum atomic E-state index is 12.7. The second kappa shape index (κ2) is 6.15. The maximum absolute atomic E-state index is 12.7. The van der Waals surface area contributed by atoms with E-state index in [-0.39, 0.29) is 12.4 Å². The summed E-state index contributed by atoms with van der Waals surface area (Å²) in [6, 6.07) is 0. The molecule has 0 aromatic carbocycles. The summed E-state index contributed by atoms with van der Waals surface area (Å²) in [5, 5.41) is 0. The lowest BCUT2D eigenvalue weighted by molar-refractivity contribution is -0.168. The summed E-state index contributed by atoms with van der Waals surface area (Å²) >= 11 is 5.06. The first-order chi connectivity index (χ1) is 9.40. The van der Waals surface area contributed by atoms with Crippen LogP contribution >= 0.6 is 12.2 Å². The van der Waals surface area contributed by atoms with E-state index in [0.29, 0.717) is 24.3 Å². The van der Waals surface area contributed by atoms with E-state index in [2.05, 4.69) is 14.7 Å².